The van der Waals surface area contributed by atoms with Crippen LogP contribution in [0.4, 0.5) is 16.3 Å². The van der Waals surface area contributed by atoms with Crippen molar-refractivity contribution in [2.24, 2.45) is 5.73 Å². The van der Waals surface area contributed by atoms with Crippen LogP contribution in [0.2, 0.25) is 5.02 Å². The van der Waals surface area contributed by atoms with E-state index < -0.39 is 0 Å². The Morgan fingerprint density at radius 1 is 1.16 bits per heavy atom. The van der Waals surface area contributed by atoms with Crippen molar-refractivity contribution in [2.45, 2.75) is 44.7 Å². The highest BCUT2D eigenvalue weighted by atomic mass is 35.5. The van der Waals surface area contributed by atoms with E-state index in [0.717, 1.165) is 61.5 Å². The van der Waals surface area contributed by atoms with Crippen LogP contribution in [-0.4, -0.2) is 76.1 Å². The maximum atomic E-state index is 13.9. The van der Waals surface area contributed by atoms with Gasteiger partial charge in [0.05, 0.1) is 23.0 Å². The zero-order valence-electron chi connectivity index (χ0n) is 21.4. The van der Waals surface area contributed by atoms with E-state index >= 15 is 0 Å². The molecular formula is C26H33ClN8O2. The lowest BCUT2D eigenvalue weighted by molar-refractivity contribution is 0.0607. The van der Waals surface area contributed by atoms with Gasteiger partial charge in [-0.2, -0.15) is 5.10 Å². The van der Waals surface area contributed by atoms with Crippen molar-refractivity contribution < 1.29 is 9.59 Å². The van der Waals surface area contributed by atoms with E-state index in [-0.39, 0.29) is 24.0 Å². The van der Waals surface area contributed by atoms with Crippen LogP contribution in [0.5, 0.6) is 0 Å². The topological polar surface area (TPSA) is 112 Å². The monoisotopic (exact) mass is 524 g/mol. The summed E-state index contributed by atoms with van der Waals surface area (Å²) in [6.07, 6.45) is 5.63. The number of aryl methyl sites for hydroxylation is 1. The van der Waals surface area contributed by atoms with Crippen molar-refractivity contribution in [2.75, 3.05) is 43.9 Å². The molecule has 1 aromatic carbocycles. The summed E-state index contributed by atoms with van der Waals surface area (Å²) in [7, 11) is 3.30. The lowest BCUT2D eigenvalue weighted by atomic mass is 9.98. The van der Waals surface area contributed by atoms with E-state index in [1.165, 1.54) is 4.90 Å². The molecule has 2 atom stereocenters. The second-order valence-electron chi connectivity index (χ2n) is 10.1. The second-order valence-corrected chi connectivity index (χ2v) is 10.6. The molecular weight excluding hydrogens is 492 g/mol. The number of piperidine rings is 1. The number of rotatable bonds is 4. The zero-order valence-corrected chi connectivity index (χ0v) is 22.2. The number of halogens is 1. The first-order valence-electron chi connectivity index (χ1n) is 12.7. The fourth-order valence-corrected chi connectivity index (χ4v) is 5.32. The van der Waals surface area contributed by atoms with Gasteiger partial charge in [-0.1, -0.05) is 11.6 Å². The number of benzene rings is 1. The minimum absolute atomic E-state index is 0.165. The standard InChI is InChI=1S/C26H33ClN8O2/c1-16-14-35-23(30-24(16)33-11-9-18(28)15-33)13-21(31-35)22-6-4-5-10-34(22)25(36)19-12-17(27)7-8-20(19)29-26(37)32(2)3/h7-8,12-14,18,22H,4-6,9-11,15,28H2,1-3H3,(H,29,37)/t18?,22-/m0/s1. The molecule has 3 N–H and O–H groups in total. The largest absolute Gasteiger partial charge is 0.355 e. The Labute approximate surface area is 221 Å². The first kappa shape index (κ1) is 25.3. The van der Waals surface area contributed by atoms with Crippen molar-refractivity contribution in [3.63, 3.8) is 0 Å². The maximum Gasteiger partial charge on any atom is 0.321 e. The van der Waals surface area contributed by atoms with E-state index in [2.05, 4.69) is 10.2 Å². The van der Waals surface area contributed by atoms with Gasteiger partial charge in [-0.15, -0.1) is 0 Å². The summed E-state index contributed by atoms with van der Waals surface area (Å²) in [5.41, 5.74) is 9.49. The quantitative estimate of drug-likeness (QED) is 0.538. The van der Waals surface area contributed by atoms with E-state index in [1.54, 1.807) is 36.8 Å². The number of fused-ring (bicyclic) bond motifs is 1. The van der Waals surface area contributed by atoms with Crippen LogP contribution in [-0.2, 0) is 0 Å². The number of anilines is 2. The highest BCUT2D eigenvalue weighted by molar-refractivity contribution is 6.31. The molecule has 3 aromatic rings. The minimum atomic E-state index is -0.317. The number of nitrogens with two attached hydrogens (primary N) is 1. The van der Waals surface area contributed by atoms with Crippen molar-refractivity contribution in [3.05, 3.63) is 52.3 Å². The Hall–Kier alpha value is -3.37. The number of urea groups is 1. The molecule has 37 heavy (non-hydrogen) atoms. The predicted molar refractivity (Wildman–Crippen MR) is 144 cm³/mol. The van der Waals surface area contributed by atoms with Crippen molar-refractivity contribution in [3.8, 4) is 0 Å². The molecule has 0 radical (unpaired) electrons. The second kappa shape index (κ2) is 10.2. The van der Waals surface area contributed by atoms with E-state index in [1.807, 2.05) is 24.1 Å². The molecule has 2 saturated heterocycles. The smallest absolute Gasteiger partial charge is 0.321 e. The highest BCUT2D eigenvalue weighted by Crippen LogP contribution is 2.34. The lowest BCUT2D eigenvalue weighted by Gasteiger charge is -2.35. The molecule has 10 nitrogen and oxygen atoms in total. The van der Waals surface area contributed by atoms with Gasteiger partial charge in [0.15, 0.2) is 5.65 Å². The van der Waals surface area contributed by atoms with Gasteiger partial charge < -0.3 is 25.8 Å². The van der Waals surface area contributed by atoms with Gasteiger partial charge in [-0.05, 0) is 50.8 Å². The van der Waals surface area contributed by atoms with Crippen LogP contribution in [0, 0.1) is 6.92 Å². The molecule has 4 heterocycles. The summed E-state index contributed by atoms with van der Waals surface area (Å²) < 4.78 is 1.80. The first-order chi connectivity index (χ1) is 17.7. The van der Waals surface area contributed by atoms with Gasteiger partial charge >= 0.3 is 6.03 Å². The molecule has 11 heteroatoms. The molecule has 0 saturated carbocycles. The number of aromatic nitrogens is 3. The van der Waals surface area contributed by atoms with Crippen molar-refractivity contribution >= 4 is 40.7 Å². The molecule has 196 valence electrons. The van der Waals surface area contributed by atoms with Crippen LogP contribution in [0.15, 0.2) is 30.5 Å². The molecule has 3 amide bonds. The van der Waals surface area contributed by atoms with Crippen LogP contribution in [0.3, 0.4) is 0 Å². The highest BCUT2D eigenvalue weighted by Gasteiger charge is 2.32. The minimum Gasteiger partial charge on any atom is -0.355 e. The molecule has 0 bridgehead atoms. The van der Waals surface area contributed by atoms with Crippen LogP contribution < -0.4 is 16.0 Å². The maximum absolute atomic E-state index is 13.9. The van der Waals surface area contributed by atoms with Gasteiger partial charge in [0.1, 0.15) is 5.82 Å². The Kier molecular flexibility index (Phi) is 6.96. The first-order valence-corrected chi connectivity index (χ1v) is 13.1. The summed E-state index contributed by atoms with van der Waals surface area (Å²) in [6, 6.07) is 6.56. The Balaban J connectivity index is 1.47. The van der Waals surface area contributed by atoms with Gasteiger partial charge in [0.2, 0.25) is 0 Å². The SMILES string of the molecule is Cc1cn2nc([C@@H]3CCCCN3C(=O)c3cc(Cl)ccc3NC(=O)N(C)C)cc2nc1N1CCC(N)C1. The molecule has 2 aliphatic rings. The van der Waals surface area contributed by atoms with Gasteiger partial charge in [-0.25, -0.2) is 14.3 Å². The van der Waals surface area contributed by atoms with Crippen LogP contribution in [0.25, 0.3) is 5.65 Å². The summed E-state index contributed by atoms with van der Waals surface area (Å²) >= 11 is 6.27. The zero-order chi connectivity index (χ0) is 26.3. The molecule has 0 aliphatic carbocycles. The number of hydrogen-bond acceptors (Lipinski definition) is 6. The van der Waals surface area contributed by atoms with Crippen molar-refractivity contribution in [1.29, 1.82) is 0 Å². The number of amides is 3. The number of carbonyl (C=O) groups excluding carboxylic acids is 2. The van der Waals surface area contributed by atoms with Gasteiger partial charge in [-0.3, -0.25) is 4.79 Å². The van der Waals surface area contributed by atoms with Gasteiger partial charge in [0.25, 0.3) is 5.91 Å². The van der Waals surface area contributed by atoms with E-state index in [9.17, 15) is 9.59 Å². The Bertz CT molecular complexity index is 1340. The molecule has 2 aliphatic heterocycles. The van der Waals surface area contributed by atoms with Crippen LogP contribution in [0.1, 0.15) is 53.3 Å². The molecule has 2 aromatic heterocycles. The Morgan fingerprint density at radius 3 is 2.70 bits per heavy atom. The number of nitrogens with one attached hydrogen (secondary N) is 1. The van der Waals surface area contributed by atoms with E-state index in [0.29, 0.717) is 22.8 Å². The third kappa shape index (κ3) is 5.08. The number of carbonyl (C=O) groups is 2. The third-order valence-corrected chi connectivity index (χ3v) is 7.35. The summed E-state index contributed by atoms with van der Waals surface area (Å²) in [5.74, 6) is 0.748. The summed E-state index contributed by atoms with van der Waals surface area (Å²) in [4.78, 5) is 36.6. The fourth-order valence-electron chi connectivity index (χ4n) is 5.15. The molecule has 5 rings (SSSR count). The van der Waals surface area contributed by atoms with E-state index in [4.69, 9.17) is 27.4 Å². The van der Waals surface area contributed by atoms with Crippen LogP contribution >= 0.6 is 11.6 Å². The van der Waals surface area contributed by atoms with Gasteiger partial charge in [0, 0.05) is 62.6 Å². The normalized spacial score (nSPS) is 19.9. The number of nitrogens with zero attached hydrogens (tertiary/aromatic N) is 6. The number of hydrogen-bond donors (Lipinski definition) is 2. The van der Waals surface area contributed by atoms with Crippen molar-refractivity contribution in [1.82, 2.24) is 24.4 Å². The molecule has 0 spiro atoms. The molecule has 1 unspecified atom stereocenters. The third-order valence-electron chi connectivity index (χ3n) is 7.11. The predicted octanol–water partition coefficient (Wildman–Crippen LogP) is 3.69. The summed E-state index contributed by atoms with van der Waals surface area (Å²) in [5, 5.41) is 8.08. The average molecular weight is 525 g/mol. The average Bonchev–Trinajstić information content (AvgIpc) is 3.49. The summed E-state index contributed by atoms with van der Waals surface area (Å²) in [6.45, 7) is 4.31. The Morgan fingerprint density at radius 2 is 1.97 bits per heavy atom. The number of likely N-dealkylation sites (tertiary alicyclic amines) is 1. The lowest BCUT2D eigenvalue weighted by Crippen LogP contribution is -2.39. The fraction of sp³-hybridized carbons (Fsp3) is 0.462. The molecule has 2 fully saturated rings.